The second kappa shape index (κ2) is 5.32. The molecule has 0 bridgehead atoms. The van der Waals surface area contributed by atoms with E-state index in [-0.39, 0.29) is 11.6 Å². The first kappa shape index (κ1) is 13.2. The van der Waals surface area contributed by atoms with Crippen molar-refractivity contribution in [2.45, 2.75) is 19.8 Å². The van der Waals surface area contributed by atoms with Crippen molar-refractivity contribution in [3.8, 4) is 11.3 Å². The first-order valence-corrected chi connectivity index (χ1v) is 6.73. The molecule has 0 radical (unpaired) electrons. The fourth-order valence-corrected chi connectivity index (χ4v) is 2.23. The van der Waals surface area contributed by atoms with Crippen molar-refractivity contribution in [1.29, 1.82) is 0 Å². The van der Waals surface area contributed by atoms with Gasteiger partial charge in [-0.2, -0.15) is 9.50 Å². The first-order valence-electron chi connectivity index (χ1n) is 6.73. The molecule has 0 fully saturated rings. The Balaban J connectivity index is 2.08. The maximum Gasteiger partial charge on any atom is 0.375 e. The summed E-state index contributed by atoms with van der Waals surface area (Å²) in [5.74, 6) is -1.13. The topological polar surface area (TPSA) is 80.4 Å². The lowest BCUT2D eigenvalue weighted by Crippen LogP contribution is -2.00. The van der Waals surface area contributed by atoms with E-state index in [2.05, 4.69) is 34.1 Å². The number of hydrogen-bond acceptors (Lipinski definition) is 4. The molecule has 3 rings (SSSR count). The highest BCUT2D eigenvalue weighted by Gasteiger charge is 2.14. The van der Waals surface area contributed by atoms with Gasteiger partial charge in [0.25, 0.3) is 11.6 Å². The highest BCUT2D eigenvalue weighted by molar-refractivity contribution is 5.83. The number of carboxylic acids is 1. The zero-order valence-corrected chi connectivity index (χ0v) is 11.5. The largest absolute Gasteiger partial charge is 0.475 e. The van der Waals surface area contributed by atoms with Crippen LogP contribution in [0.15, 0.2) is 36.5 Å². The summed E-state index contributed by atoms with van der Waals surface area (Å²) in [7, 11) is 0. The van der Waals surface area contributed by atoms with Crippen molar-refractivity contribution in [2.75, 3.05) is 0 Å². The molecule has 21 heavy (non-hydrogen) atoms. The number of hydrogen-bond donors (Lipinski definition) is 1. The second-order valence-corrected chi connectivity index (χ2v) is 4.73. The van der Waals surface area contributed by atoms with Gasteiger partial charge in [0.05, 0.1) is 5.69 Å². The number of carboxylic acid groups (broad SMARTS) is 1. The fourth-order valence-electron chi connectivity index (χ4n) is 2.23. The van der Waals surface area contributed by atoms with E-state index in [0.717, 1.165) is 24.1 Å². The molecule has 0 unspecified atom stereocenters. The molecule has 6 heteroatoms. The highest BCUT2D eigenvalue weighted by atomic mass is 16.4. The molecule has 0 aliphatic carbocycles. The summed E-state index contributed by atoms with van der Waals surface area (Å²) >= 11 is 0. The van der Waals surface area contributed by atoms with Crippen molar-refractivity contribution in [2.24, 2.45) is 0 Å². The van der Waals surface area contributed by atoms with Gasteiger partial charge in [0, 0.05) is 11.8 Å². The van der Waals surface area contributed by atoms with Gasteiger partial charge in [-0.1, -0.05) is 37.6 Å². The molecule has 6 nitrogen and oxygen atoms in total. The summed E-state index contributed by atoms with van der Waals surface area (Å²) in [5, 5.41) is 13.0. The molecule has 0 aliphatic heterocycles. The van der Waals surface area contributed by atoms with Crippen LogP contribution in [0.2, 0.25) is 0 Å². The molecule has 0 amide bonds. The normalized spacial score (nSPS) is 10.9. The van der Waals surface area contributed by atoms with Crippen molar-refractivity contribution in [3.05, 3.63) is 47.9 Å². The Morgan fingerprint density at radius 3 is 2.67 bits per heavy atom. The molecule has 0 atom stereocenters. The predicted molar refractivity (Wildman–Crippen MR) is 77.2 cm³/mol. The average Bonchev–Trinajstić information content (AvgIpc) is 2.93. The Kier molecular flexibility index (Phi) is 3.35. The molecule has 1 aromatic carbocycles. The highest BCUT2D eigenvalue weighted by Crippen LogP contribution is 2.20. The Morgan fingerprint density at radius 1 is 1.24 bits per heavy atom. The number of aromatic carboxylic acids is 1. The molecule has 3 aromatic rings. The minimum Gasteiger partial charge on any atom is -0.475 e. The van der Waals surface area contributed by atoms with Crippen LogP contribution in [0.5, 0.6) is 0 Å². The summed E-state index contributed by atoms with van der Waals surface area (Å²) in [5.41, 5.74) is 2.99. The summed E-state index contributed by atoms with van der Waals surface area (Å²) < 4.78 is 1.46. The van der Waals surface area contributed by atoms with Gasteiger partial charge in [-0.25, -0.2) is 9.78 Å². The van der Waals surface area contributed by atoms with Crippen LogP contribution in [-0.4, -0.2) is 30.7 Å². The van der Waals surface area contributed by atoms with Crippen LogP contribution < -0.4 is 0 Å². The van der Waals surface area contributed by atoms with Crippen molar-refractivity contribution >= 4 is 11.7 Å². The van der Waals surface area contributed by atoms with Crippen LogP contribution in [0.4, 0.5) is 0 Å². The van der Waals surface area contributed by atoms with Gasteiger partial charge in [0.15, 0.2) is 0 Å². The SMILES string of the molecule is CCCc1ccc(-c2ccnc3nc(C(=O)O)nn23)cc1. The fraction of sp³-hybridized carbons (Fsp3) is 0.200. The van der Waals surface area contributed by atoms with Gasteiger partial charge in [0.1, 0.15) is 0 Å². The third-order valence-corrected chi connectivity index (χ3v) is 3.22. The number of carbonyl (C=O) groups is 1. The standard InChI is InChI=1S/C15H14N4O2/c1-2-3-10-4-6-11(7-5-10)12-8-9-16-15-17-13(14(20)21)18-19(12)15/h4-9H,2-3H2,1H3,(H,20,21). The summed E-state index contributed by atoms with van der Waals surface area (Å²) in [4.78, 5) is 18.9. The van der Waals surface area contributed by atoms with Gasteiger partial charge in [-0.15, -0.1) is 5.10 Å². The third-order valence-electron chi connectivity index (χ3n) is 3.22. The van der Waals surface area contributed by atoms with E-state index in [1.807, 2.05) is 12.1 Å². The van der Waals surface area contributed by atoms with Gasteiger partial charge in [0.2, 0.25) is 0 Å². The number of benzene rings is 1. The summed E-state index contributed by atoms with van der Waals surface area (Å²) in [6, 6.07) is 9.94. The number of aryl methyl sites for hydroxylation is 1. The lowest BCUT2D eigenvalue weighted by molar-refractivity contribution is 0.0684. The lowest BCUT2D eigenvalue weighted by Gasteiger charge is -2.05. The maximum absolute atomic E-state index is 11.0. The van der Waals surface area contributed by atoms with Crippen LogP contribution in [0.25, 0.3) is 17.0 Å². The monoisotopic (exact) mass is 282 g/mol. The quantitative estimate of drug-likeness (QED) is 0.795. The zero-order chi connectivity index (χ0) is 14.8. The van der Waals surface area contributed by atoms with Crippen molar-refractivity contribution in [1.82, 2.24) is 19.6 Å². The molecule has 0 aliphatic rings. The van der Waals surface area contributed by atoms with Crippen LogP contribution in [0.3, 0.4) is 0 Å². The lowest BCUT2D eigenvalue weighted by atomic mass is 10.1. The Hall–Kier alpha value is -2.76. The first-order chi connectivity index (χ1) is 10.2. The van der Waals surface area contributed by atoms with E-state index in [9.17, 15) is 4.79 Å². The molecule has 2 aromatic heterocycles. The number of rotatable bonds is 4. The van der Waals surface area contributed by atoms with Gasteiger partial charge in [-0.05, 0) is 18.1 Å². The van der Waals surface area contributed by atoms with E-state index >= 15 is 0 Å². The summed E-state index contributed by atoms with van der Waals surface area (Å²) in [6.07, 6.45) is 3.74. The minimum absolute atomic E-state index is 0.252. The molecule has 0 saturated heterocycles. The Bertz CT molecular complexity index is 793. The third kappa shape index (κ3) is 2.47. The van der Waals surface area contributed by atoms with E-state index in [1.165, 1.54) is 10.1 Å². The Labute approximate surface area is 121 Å². The zero-order valence-electron chi connectivity index (χ0n) is 11.5. The van der Waals surface area contributed by atoms with E-state index in [0.29, 0.717) is 0 Å². The molecular weight excluding hydrogens is 268 g/mol. The van der Waals surface area contributed by atoms with Crippen LogP contribution in [0.1, 0.15) is 29.5 Å². The van der Waals surface area contributed by atoms with Crippen LogP contribution in [-0.2, 0) is 6.42 Å². The van der Waals surface area contributed by atoms with Crippen LogP contribution in [0, 0.1) is 0 Å². The molecule has 0 spiro atoms. The van der Waals surface area contributed by atoms with E-state index < -0.39 is 5.97 Å². The molecule has 2 heterocycles. The minimum atomic E-state index is -1.16. The van der Waals surface area contributed by atoms with Crippen molar-refractivity contribution < 1.29 is 9.90 Å². The summed E-state index contributed by atoms with van der Waals surface area (Å²) in [6.45, 7) is 2.14. The van der Waals surface area contributed by atoms with Gasteiger partial charge in [-0.3, -0.25) is 0 Å². The number of aromatic nitrogens is 4. The number of nitrogens with zero attached hydrogens (tertiary/aromatic N) is 4. The van der Waals surface area contributed by atoms with E-state index in [4.69, 9.17) is 5.11 Å². The van der Waals surface area contributed by atoms with Crippen molar-refractivity contribution in [3.63, 3.8) is 0 Å². The van der Waals surface area contributed by atoms with Gasteiger partial charge < -0.3 is 5.11 Å². The molecular formula is C15H14N4O2. The smallest absolute Gasteiger partial charge is 0.375 e. The average molecular weight is 282 g/mol. The Morgan fingerprint density at radius 2 is 2.00 bits per heavy atom. The van der Waals surface area contributed by atoms with Crippen LogP contribution >= 0.6 is 0 Å². The molecule has 1 N–H and O–H groups in total. The second-order valence-electron chi connectivity index (χ2n) is 4.73. The molecule has 106 valence electrons. The predicted octanol–water partition coefficient (Wildman–Crippen LogP) is 2.44. The van der Waals surface area contributed by atoms with Gasteiger partial charge >= 0.3 is 5.97 Å². The molecule has 0 saturated carbocycles. The number of fused-ring (bicyclic) bond motifs is 1. The van der Waals surface area contributed by atoms with E-state index in [1.54, 1.807) is 12.3 Å². The maximum atomic E-state index is 11.0.